The number of hydrogen-bond donors (Lipinski definition) is 2. The molecule has 0 bridgehead atoms. The van der Waals surface area contributed by atoms with E-state index in [2.05, 4.69) is 28.6 Å². The van der Waals surface area contributed by atoms with E-state index >= 15 is 0 Å². The van der Waals surface area contributed by atoms with Gasteiger partial charge in [0, 0.05) is 18.9 Å². The third-order valence-electron chi connectivity index (χ3n) is 4.17. The molecule has 2 atom stereocenters. The van der Waals surface area contributed by atoms with E-state index in [1.54, 1.807) is 11.3 Å². The monoisotopic (exact) mass is 317 g/mol. The number of carbonyl (C=O) groups is 1. The van der Waals surface area contributed by atoms with Crippen LogP contribution in [-0.2, 0) is 11.2 Å². The van der Waals surface area contributed by atoms with E-state index in [1.165, 1.54) is 11.1 Å². The van der Waals surface area contributed by atoms with Gasteiger partial charge >= 0.3 is 0 Å². The highest BCUT2D eigenvalue weighted by atomic mass is 32.1. The van der Waals surface area contributed by atoms with Gasteiger partial charge in [-0.25, -0.2) is 4.98 Å². The second kappa shape index (κ2) is 7.20. The number of carbonyl (C=O) groups excluding carboxylic acids is 1. The van der Waals surface area contributed by atoms with Gasteiger partial charge in [0.1, 0.15) is 0 Å². The molecular weight excluding hydrogens is 294 g/mol. The molecule has 1 fully saturated rings. The highest BCUT2D eigenvalue weighted by molar-refractivity contribution is 7.18. The Hall–Kier alpha value is -1.46. The van der Waals surface area contributed by atoms with Crippen LogP contribution in [0.3, 0.4) is 0 Å². The van der Waals surface area contributed by atoms with Crippen LogP contribution in [-0.4, -0.2) is 30.0 Å². The molecule has 1 aromatic carbocycles. The molecule has 5 heteroatoms. The molecule has 22 heavy (non-hydrogen) atoms. The number of aromatic nitrogens is 1. The molecule has 0 spiro atoms. The highest BCUT2D eigenvalue weighted by Crippen LogP contribution is 2.22. The van der Waals surface area contributed by atoms with Crippen molar-refractivity contribution in [3.63, 3.8) is 0 Å². The molecule has 2 heterocycles. The van der Waals surface area contributed by atoms with Gasteiger partial charge in [0.05, 0.1) is 15.2 Å². The van der Waals surface area contributed by atoms with Crippen molar-refractivity contribution in [1.82, 2.24) is 15.6 Å². The van der Waals surface area contributed by atoms with Gasteiger partial charge < -0.3 is 10.6 Å². The van der Waals surface area contributed by atoms with E-state index in [9.17, 15) is 4.79 Å². The fraction of sp³-hybridized carbons (Fsp3) is 0.529. The maximum Gasteiger partial charge on any atom is 0.220 e. The first kappa shape index (κ1) is 15.4. The van der Waals surface area contributed by atoms with Crippen LogP contribution in [0.5, 0.6) is 0 Å². The Labute approximate surface area is 135 Å². The van der Waals surface area contributed by atoms with Crippen molar-refractivity contribution in [2.75, 3.05) is 13.1 Å². The van der Waals surface area contributed by atoms with Gasteiger partial charge in [0.15, 0.2) is 0 Å². The summed E-state index contributed by atoms with van der Waals surface area (Å²) < 4.78 is 1.21. The van der Waals surface area contributed by atoms with Crippen LogP contribution in [0.4, 0.5) is 0 Å². The van der Waals surface area contributed by atoms with Gasteiger partial charge in [-0.1, -0.05) is 12.1 Å². The zero-order valence-electron chi connectivity index (χ0n) is 13.0. The van der Waals surface area contributed by atoms with Crippen molar-refractivity contribution in [2.45, 2.75) is 38.6 Å². The Morgan fingerprint density at radius 3 is 3.14 bits per heavy atom. The van der Waals surface area contributed by atoms with Crippen LogP contribution in [0.15, 0.2) is 24.3 Å². The lowest BCUT2D eigenvalue weighted by atomic mass is 10.0. The van der Waals surface area contributed by atoms with E-state index in [1.807, 2.05) is 18.2 Å². The number of nitrogens with zero attached hydrogens (tertiary/aromatic N) is 1. The predicted molar refractivity (Wildman–Crippen MR) is 91.1 cm³/mol. The zero-order chi connectivity index (χ0) is 15.4. The topological polar surface area (TPSA) is 54.0 Å². The van der Waals surface area contributed by atoms with Crippen LogP contribution >= 0.6 is 11.3 Å². The average Bonchev–Trinajstić information content (AvgIpc) is 3.13. The van der Waals surface area contributed by atoms with Crippen LogP contribution in [0.25, 0.3) is 10.2 Å². The molecule has 3 rings (SSSR count). The summed E-state index contributed by atoms with van der Waals surface area (Å²) in [7, 11) is 0. The average molecular weight is 317 g/mol. The number of para-hydroxylation sites is 1. The molecule has 1 aliphatic heterocycles. The Balaban J connectivity index is 1.46. The Bertz CT molecular complexity index is 601. The first-order chi connectivity index (χ1) is 10.7. The van der Waals surface area contributed by atoms with Crippen molar-refractivity contribution in [3.05, 3.63) is 29.3 Å². The minimum absolute atomic E-state index is 0.134. The zero-order valence-corrected chi connectivity index (χ0v) is 13.8. The second-order valence-corrected chi connectivity index (χ2v) is 7.26. The molecule has 1 amide bonds. The smallest absolute Gasteiger partial charge is 0.220 e. The summed E-state index contributed by atoms with van der Waals surface area (Å²) in [6, 6.07) is 8.31. The fourth-order valence-corrected chi connectivity index (χ4v) is 4.06. The Kier molecular flexibility index (Phi) is 5.05. The molecule has 0 radical (unpaired) electrons. The maximum absolute atomic E-state index is 12.0. The third-order valence-corrected chi connectivity index (χ3v) is 5.23. The summed E-state index contributed by atoms with van der Waals surface area (Å²) in [5.41, 5.74) is 1.05. The quantitative estimate of drug-likeness (QED) is 0.861. The molecule has 1 aliphatic rings. The van der Waals surface area contributed by atoms with Crippen LogP contribution in [0.1, 0.15) is 31.2 Å². The van der Waals surface area contributed by atoms with Gasteiger partial charge in [-0.3, -0.25) is 4.79 Å². The summed E-state index contributed by atoms with van der Waals surface area (Å²) >= 11 is 1.72. The molecule has 1 saturated heterocycles. The summed E-state index contributed by atoms with van der Waals surface area (Å²) in [5, 5.41) is 7.54. The minimum Gasteiger partial charge on any atom is -0.353 e. The Morgan fingerprint density at radius 1 is 1.50 bits per heavy atom. The molecule has 2 aromatic rings. The summed E-state index contributed by atoms with van der Waals surface area (Å²) in [6.07, 6.45) is 3.63. The number of benzene rings is 1. The van der Waals surface area contributed by atoms with Gasteiger partial charge in [-0.05, 0) is 50.9 Å². The van der Waals surface area contributed by atoms with E-state index in [0.29, 0.717) is 12.3 Å². The summed E-state index contributed by atoms with van der Waals surface area (Å²) in [6.45, 7) is 4.22. The van der Waals surface area contributed by atoms with Gasteiger partial charge in [0.25, 0.3) is 0 Å². The maximum atomic E-state index is 12.0. The lowest BCUT2D eigenvalue weighted by Gasteiger charge is -2.13. The molecule has 0 aliphatic carbocycles. The lowest BCUT2D eigenvalue weighted by molar-refractivity contribution is -0.121. The lowest BCUT2D eigenvalue weighted by Crippen LogP contribution is -2.34. The number of thiazole rings is 1. The molecule has 2 unspecified atom stereocenters. The molecule has 2 N–H and O–H groups in total. The Morgan fingerprint density at radius 2 is 2.36 bits per heavy atom. The summed E-state index contributed by atoms with van der Waals surface area (Å²) in [4.78, 5) is 16.7. The highest BCUT2D eigenvalue weighted by Gasteiger charge is 2.17. The molecular formula is C17H23N3OS. The van der Waals surface area contributed by atoms with E-state index in [4.69, 9.17) is 0 Å². The molecule has 0 saturated carbocycles. The van der Waals surface area contributed by atoms with Crippen molar-refractivity contribution >= 4 is 27.5 Å². The number of fused-ring (bicyclic) bond motifs is 1. The number of rotatable bonds is 6. The van der Waals surface area contributed by atoms with Crippen molar-refractivity contribution in [1.29, 1.82) is 0 Å². The summed E-state index contributed by atoms with van der Waals surface area (Å²) in [5.74, 6) is 0.839. The van der Waals surface area contributed by atoms with Crippen LogP contribution in [0, 0.1) is 5.92 Å². The van der Waals surface area contributed by atoms with Gasteiger partial charge in [-0.15, -0.1) is 11.3 Å². The number of nitrogens with one attached hydrogen (secondary N) is 2. The van der Waals surface area contributed by atoms with Gasteiger partial charge in [0.2, 0.25) is 5.91 Å². The largest absolute Gasteiger partial charge is 0.353 e. The SMILES string of the molecule is CC(Cc1nc2ccccc2s1)NC(=O)CCC1CCNC1. The molecule has 118 valence electrons. The van der Waals surface area contributed by atoms with Crippen LogP contribution in [0.2, 0.25) is 0 Å². The van der Waals surface area contributed by atoms with Crippen molar-refractivity contribution < 1.29 is 4.79 Å². The van der Waals surface area contributed by atoms with E-state index in [0.717, 1.165) is 36.5 Å². The van der Waals surface area contributed by atoms with E-state index in [-0.39, 0.29) is 11.9 Å². The second-order valence-electron chi connectivity index (χ2n) is 6.15. The van der Waals surface area contributed by atoms with E-state index < -0.39 is 0 Å². The number of hydrogen-bond acceptors (Lipinski definition) is 4. The fourth-order valence-electron chi connectivity index (χ4n) is 2.96. The molecule has 4 nitrogen and oxygen atoms in total. The van der Waals surface area contributed by atoms with Gasteiger partial charge in [-0.2, -0.15) is 0 Å². The predicted octanol–water partition coefficient (Wildman–Crippen LogP) is 2.73. The number of amides is 1. The minimum atomic E-state index is 0.134. The third kappa shape index (κ3) is 4.05. The standard InChI is InChI=1S/C17H23N3OS/c1-12(19-16(21)7-6-13-8-9-18-11-13)10-17-20-14-4-2-3-5-15(14)22-17/h2-5,12-13,18H,6-11H2,1H3,(H,19,21). The van der Waals surface area contributed by atoms with Crippen LogP contribution < -0.4 is 10.6 Å². The van der Waals surface area contributed by atoms with Crippen molar-refractivity contribution in [2.24, 2.45) is 5.92 Å². The normalized spacial score (nSPS) is 19.4. The first-order valence-corrected chi connectivity index (χ1v) is 8.87. The van der Waals surface area contributed by atoms with Crippen molar-refractivity contribution in [3.8, 4) is 0 Å². The molecule has 1 aromatic heterocycles. The first-order valence-electron chi connectivity index (χ1n) is 8.05.